The third-order valence-corrected chi connectivity index (χ3v) is 3.59. The van der Waals surface area contributed by atoms with E-state index in [1.54, 1.807) is 12.1 Å². The van der Waals surface area contributed by atoms with Crippen molar-refractivity contribution in [2.75, 3.05) is 28.2 Å². The number of nitrogens with zero attached hydrogens (tertiary/aromatic N) is 4. The summed E-state index contributed by atoms with van der Waals surface area (Å²) in [5, 5.41) is 19.7. The van der Waals surface area contributed by atoms with Crippen LogP contribution < -0.4 is 0 Å². The highest BCUT2D eigenvalue weighted by Gasteiger charge is 2.12. The summed E-state index contributed by atoms with van der Waals surface area (Å²) in [5.41, 5.74) is 3.13. The molecule has 0 spiro atoms. The molecule has 0 aliphatic rings. The number of azo groups is 1. The van der Waals surface area contributed by atoms with E-state index in [1.165, 1.54) is 0 Å². The van der Waals surface area contributed by atoms with E-state index < -0.39 is 0 Å². The van der Waals surface area contributed by atoms with E-state index in [0.717, 1.165) is 22.5 Å². The van der Waals surface area contributed by atoms with Gasteiger partial charge in [0.15, 0.2) is 0 Å². The van der Waals surface area contributed by atoms with Crippen LogP contribution in [0.4, 0.5) is 11.4 Å². The van der Waals surface area contributed by atoms with Gasteiger partial charge in [0.2, 0.25) is 0 Å². The monoisotopic (exact) mass is 382 g/mol. The van der Waals surface area contributed by atoms with Crippen LogP contribution >= 0.6 is 24.0 Å². The number of rotatable bonds is 6. The molecule has 5 nitrogen and oxygen atoms in total. The summed E-state index contributed by atoms with van der Waals surface area (Å²) in [6.07, 6.45) is 0. The first kappa shape index (κ1) is 21.4. The second-order valence-electron chi connectivity index (χ2n) is 6.26. The van der Waals surface area contributed by atoms with Gasteiger partial charge in [-0.05, 0) is 64.6 Å². The number of halogens is 2. The number of hydrogen-bond donors (Lipinski definition) is 1. The minimum absolute atomic E-state index is 0. The SMILES string of the molecule is CN(C)Cc1cc(N=Nc2ccc(Cl)cc2)cc(CN(C)C)c1O.Cl. The average Bonchev–Trinajstić information content (AvgIpc) is 2.50. The van der Waals surface area contributed by atoms with Gasteiger partial charge in [0.25, 0.3) is 0 Å². The molecule has 0 aromatic heterocycles. The zero-order valence-electron chi connectivity index (χ0n) is 14.9. The second kappa shape index (κ2) is 9.73. The standard InChI is InChI=1S/C18H23ClN4O.ClH/c1-22(2)11-13-9-17(10-14(18(13)24)12-23(3)4)21-20-16-7-5-15(19)6-8-16;/h5-10,24H,11-12H2,1-4H3;1H. The highest BCUT2D eigenvalue weighted by Crippen LogP contribution is 2.31. The fourth-order valence-electron chi connectivity index (χ4n) is 2.35. The molecule has 136 valence electrons. The van der Waals surface area contributed by atoms with Crippen molar-refractivity contribution in [2.45, 2.75) is 13.1 Å². The first-order chi connectivity index (χ1) is 11.3. The lowest BCUT2D eigenvalue weighted by atomic mass is 10.1. The molecule has 0 unspecified atom stereocenters. The first-order valence-corrected chi connectivity index (χ1v) is 8.04. The van der Waals surface area contributed by atoms with Crippen LogP contribution in [0, 0.1) is 0 Å². The Morgan fingerprint density at radius 2 is 1.28 bits per heavy atom. The summed E-state index contributed by atoms with van der Waals surface area (Å²) >= 11 is 5.88. The molecule has 0 bridgehead atoms. The zero-order valence-corrected chi connectivity index (χ0v) is 16.5. The molecule has 2 aromatic rings. The summed E-state index contributed by atoms with van der Waals surface area (Å²) in [4.78, 5) is 4.02. The quantitative estimate of drug-likeness (QED) is 0.714. The first-order valence-electron chi connectivity index (χ1n) is 7.66. The van der Waals surface area contributed by atoms with Gasteiger partial charge in [-0.1, -0.05) is 11.6 Å². The Balaban J connectivity index is 0.00000312. The number of phenolic OH excluding ortho intramolecular Hbond substituents is 1. The molecule has 0 heterocycles. The van der Waals surface area contributed by atoms with E-state index in [2.05, 4.69) is 10.2 Å². The summed E-state index contributed by atoms with van der Waals surface area (Å²) in [6.45, 7) is 1.27. The van der Waals surface area contributed by atoms with Crippen molar-refractivity contribution < 1.29 is 5.11 Å². The third kappa shape index (κ3) is 6.63. The highest BCUT2D eigenvalue weighted by molar-refractivity contribution is 6.30. The van der Waals surface area contributed by atoms with Crippen molar-refractivity contribution in [2.24, 2.45) is 10.2 Å². The Labute approximate surface area is 160 Å². The third-order valence-electron chi connectivity index (χ3n) is 3.33. The smallest absolute Gasteiger partial charge is 0.124 e. The zero-order chi connectivity index (χ0) is 17.7. The van der Waals surface area contributed by atoms with Crippen molar-refractivity contribution in [1.29, 1.82) is 0 Å². The number of phenols is 1. The maximum Gasteiger partial charge on any atom is 0.124 e. The van der Waals surface area contributed by atoms with Crippen molar-refractivity contribution in [3.05, 3.63) is 52.5 Å². The largest absolute Gasteiger partial charge is 0.507 e. The molecular formula is C18H24Cl2N4O. The molecule has 0 aliphatic heterocycles. The molecule has 2 aromatic carbocycles. The summed E-state index contributed by atoms with van der Waals surface area (Å²) < 4.78 is 0. The average molecular weight is 383 g/mol. The van der Waals surface area contributed by atoms with E-state index in [1.807, 2.05) is 62.3 Å². The molecular weight excluding hydrogens is 359 g/mol. The summed E-state index contributed by atoms with van der Waals surface area (Å²) in [7, 11) is 7.86. The molecule has 2 rings (SSSR count). The Morgan fingerprint density at radius 3 is 1.72 bits per heavy atom. The van der Waals surface area contributed by atoms with Crippen LogP contribution in [0.5, 0.6) is 5.75 Å². The molecule has 0 aliphatic carbocycles. The maximum atomic E-state index is 10.5. The molecule has 0 radical (unpaired) electrons. The molecule has 0 fully saturated rings. The Morgan fingerprint density at radius 1 is 0.840 bits per heavy atom. The molecule has 7 heteroatoms. The summed E-state index contributed by atoms with van der Waals surface area (Å²) in [5.74, 6) is 0.322. The molecule has 0 saturated carbocycles. The Bertz CT molecular complexity index is 685. The van der Waals surface area contributed by atoms with E-state index >= 15 is 0 Å². The predicted molar refractivity (Wildman–Crippen MR) is 106 cm³/mol. The molecule has 25 heavy (non-hydrogen) atoms. The van der Waals surface area contributed by atoms with E-state index in [-0.39, 0.29) is 12.4 Å². The molecule has 0 amide bonds. The highest BCUT2D eigenvalue weighted by atomic mass is 35.5. The number of aromatic hydroxyl groups is 1. The second-order valence-corrected chi connectivity index (χ2v) is 6.70. The van der Waals surface area contributed by atoms with Crippen molar-refractivity contribution in [1.82, 2.24) is 9.80 Å². The van der Waals surface area contributed by atoms with Crippen LogP contribution in [0.2, 0.25) is 5.02 Å². The fourth-order valence-corrected chi connectivity index (χ4v) is 2.47. The van der Waals surface area contributed by atoms with Crippen LogP contribution in [0.3, 0.4) is 0 Å². The Kier molecular flexibility index (Phi) is 8.32. The molecule has 1 N–H and O–H groups in total. The topological polar surface area (TPSA) is 51.4 Å². The normalized spacial score (nSPS) is 11.3. The lowest BCUT2D eigenvalue weighted by Crippen LogP contribution is -2.13. The Hall–Kier alpha value is -1.66. The molecule has 0 atom stereocenters. The van der Waals surface area contributed by atoms with Crippen molar-refractivity contribution >= 4 is 35.4 Å². The van der Waals surface area contributed by atoms with Gasteiger partial charge in [0.1, 0.15) is 5.75 Å². The number of hydrogen-bond acceptors (Lipinski definition) is 5. The van der Waals surface area contributed by atoms with Crippen molar-refractivity contribution in [3.8, 4) is 5.75 Å². The maximum absolute atomic E-state index is 10.5. The number of benzene rings is 2. The van der Waals surface area contributed by atoms with Crippen LogP contribution in [-0.4, -0.2) is 43.1 Å². The van der Waals surface area contributed by atoms with E-state index in [4.69, 9.17) is 11.6 Å². The van der Waals surface area contributed by atoms with Gasteiger partial charge in [-0.3, -0.25) is 0 Å². The van der Waals surface area contributed by atoms with Gasteiger partial charge < -0.3 is 14.9 Å². The summed E-state index contributed by atoms with van der Waals surface area (Å²) in [6, 6.07) is 10.9. The van der Waals surface area contributed by atoms with E-state index in [9.17, 15) is 5.11 Å². The lowest BCUT2D eigenvalue weighted by Gasteiger charge is -2.17. The predicted octanol–water partition coefficient (Wildman–Crippen LogP) is 5.01. The van der Waals surface area contributed by atoms with Gasteiger partial charge >= 0.3 is 0 Å². The van der Waals surface area contributed by atoms with Crippen LogP contribution in [-0.2, 0) is 13.1 Å². The van der Waals surface area contributed by atoms with Crippen LogP contribution in [0.25, 0.3) is 0 Å². The van der Waals surface area contributed by atoms with Crippen molar-refractivity contribution in [3.63, 3.8) is 0 Å². The van der Waals surface area contributed by atoms with Gasteiger partial charge in [-0.15, -0.1) is 12.4 Å². The van der Waals surface area contributed by atoms with Crippen LogP contribution in [0.15, 0.2) is 46.6 Å². The van der Waals surface area contributed by atoms with E-state index in [0.29, 0.717) is 23.9 Å². The minimum Gasteiger partial charge on any atom is -0.507 e. The van der Waals surface area contributed by atoms with Gasteiger partial charge in [-0.25, -0.2) is 0 Å². The van der Waals surface area contributed by atoms with Gasteiger partial charge in [0, 0.05) is 29.2 Å². The van der Waals surface area contributed by atoms with Gasteiger partial charge in [0.05, 0.1) is 11.4 Å². The fraction of sp³-hybridized carbons (Fsp3) is 0.333. The van der Waals surface area contributed by atoms with Gasteiger partial charge in [-0.2, -0.15) is 10.2 Å². The minimum atomic E-state index is 0. The molecule has 0 saturated heterocycles. The van der Waals surface area contributed by atoms with Crippen LogP contribution in [0.1, 0.15) is 11.1 Å². The lowest BCUT2D eigenvalue weighted by molar-refractivity contribution is 0.368.